The third-order valence-electron chi connectivity index (χ3n) is 11.4. The number of hydrogen-bond acceptors (Lipinski definition) is 10. The number of pyridine rings is 10. The maximum atomic E-state index is 4.17. The van der Waals surface area contributed by atoms with Crippen molar-refractivity contribution in [2.75, 3.05) is 0 Å². The van der Waals surface area contributed by atoms with Gasteiger partial charge in [0.25, 0.3) is 0 Å². The summed E-state index contributed by atoms with van der Waals surface area (Å²) in [6, 6.07) is 36.4. The molecular weight excluding hydrogens is 993 g/mol. The number of aryl methyl sites for hydroxylation is 20. The molecule has 10 rings (SSSR count). The minimum atomic E-state index is 0. The monoisotopic (exact) mass is 1090 g/mol. The molecule has 0 spiro atoms. The maximum absolute atomic E-state index is 4.17. The highest BCUT2D eigenvalue weighted by atomic mass is 14.7. The first-order valence-electron chi connectivity index (χ1n) is 26.8. The smallest absolute Gasteiger partial charge is 0.0401 e. The highest BCUT2D eigenvalue weighted by Crippen LogP contribution is 2.04. The maximum Gasteiger partial charge on any atom is 0.0401 e. The van der Waals surface area contributed by atoms with Gasteiger partial charge < -0.3 is 0 Å². The van der Waals surface area contributed by atoms with E-state index in [1.54, 1.807) is 0 Å². The second-order valence-corrected chi connectivity index (χ2v) is 19.6. The van der Waals surface area contributed by atoms with Gasteiger partial charge in [0.1, 0.15) is 0 Å². The van der Waals surface area contributed by atoms with E-state index in [4.69, 9.17) is 0 Å². The summed E-state index contributed by atoms with van der Waals surface area (Å²) in [5, 5.41) is 0. The molecule has 0 unspecified atom stereocenters. The number of nitrogens with zero attached hydrogens (tertiary/aromatic N) is 10. The fraction of sp³-hybridized carbons (Fsp3) is 0.296. The van der Waals surface area contributed by atoms with Crippen molar-refractivity contribution in [3.8, 4) is 0 Å². The molecule has 10 heteroatoms. The van der Waals surface area contributed by atoms with E-state index in [2.05, 4.69) is 148 Å². The summed E-state index contributed by atoms with van der Waals surface area (Å²) in [6.07, 6.45) is 22.1. The van der Waals surface area contributed by atoms with Gasteiger partial charge in [0.05, 0.1) is 0 Å². The summed E-state index contributed by atoms with van der Waals surface area (Å²) < 4.78 is 0. The summed E-state index contributed by atoms with van der Waals surface area (Å²) in [5.41, 5.74) is 23.8. The molecule has 428 valence electrons. The summed E-state index contributed by atoms with van der Waals surface area (Å²) in [4.78, 5) is 40.4. The van der Waals surface area contributed by atoms with Crippen LogP contribution in [0.3, 0.4) is 0 Å². The van der Waals surface area contributed by atoms with E-state index in [1.807, 2.05) is 224 Å². The first-order valence-corrected chi connectivity index (χ1v) is 26.8. The van der Waals surface area contributed by atoms with Crippen molar-refractivity contribution in [2.24, 2.45) is 0 Å². The van der Waals surface area contributed by atoms with Gasteiger partial charge in [-0.15, -0.1) is 0 Å². The molecule has 10 heterocycles. The van der Waals surface area contributed by atoms with Gasteiger partial charge in [0.2, 0.25) is 0 Å². The average Bonchev–Trinajstić information content (AvgIpc) is 3.41. The molecule has 81 heavy (non-hydrogen) atoms. The number of rotatable bonds is 0. The number of aromatic nitrogens is 10. The summed E-state index contributed by atoms with van der Waals surface area (Å²) in [6.45, 7) is 40.6. The van der Waals surface area contributed by atoms with Crippen LogP contribution in [0, 0.1) is 138 Å². The Balaban J connectivity index is 0.000000877. The van der Waals surface area contributed by atoms with Gasteiger partial charge in [-0.05, 0) is 278 Å². The lowest BCUT2D eigenvalue weighted by Gasteiger charge is -1.92. The Kier molecular flexibility index (Phi) is 38.0. The predicted octanol–water partition coefficient (Wildman–Crippen LogP) is 17.6. The van der Waals surface area contributed by atoms with Gasteiger partial charge in [-0.3, -0.25) is 49.8 Å². The molecule has 0 N–H and O–H groups in total. The van der Waals surface area contributed by atoms with Gasteiger partial charge in [-0.1, -0.05) is 43.8 Å². The number of hydrogen-bond donors (Lipinski definition) is 0. The molecule has 0 radical (unpaired) electrons. The largest absolute Gasteiger partial charge is 0.264 e. The van der Waals surface area contributed by atoms with Crippen molar-refractivity contribution in [3.63, 3.8) is 0 Å². The Labute approximate surface area is 489 Å². The summed E-state index contributed by atoms with van der Waals surface area (Å²) in [7, 11) is 0. The molecule has 0 bridgehead atoms. The van der Waals surface area contributed by atoms with Crippen LogP contribution in [0.15, 0.2) is 184 Å². The molecule has 0 aliphatic rings. The Morgan fingerprint density at radius 1 is 0.222 bits per heavy atom. The van der Waals surface area contributed by atoms with Gasteiger partial charge in [-0.25, -0.2) is 0 Å². The van der Waals surface area contributed by atoms with Crippen LogP contribution in [0.25, 0.3) is 0 Å². The van der Waals surface area contributed by atoms with Crippen LogP contribution in [0.2, 0.25) is 0 Å². The quantitative estimate of drug-likeness (QED) is 0.145. The van der Waals surface area contributed by atoms with Crippen molar-refractivity contribution in [1.29, 1.82) is 0 Å². The SMILES string of the molecule is C.Cc1ccc(C)nc1.Cc1ccc(C)nc1.Cc1cccc(C)n1.Cc1cccnc1C.Cc1cccnc1C.Cc1ccnc(C)c1.Cc1ccnc(C)c1.Cc1ccncc1C.Cc1ccncc1C.Cc1cncc(C)c1. The molecule has 0 aliphatic carbocycles. The Bertz CT molecular complexity index is 2640. The molecule has 10 nitrogen and oxygen atoms in total. The molecule has 10 aromatic heterocycles. The third kappa shape index (κ3) is 37.9. The van der Waals surface area contributed by atoms with Crippen molar-refractivity contribution in [3.05, 3.63) is 296 Å². The van der Waals surface area contributed by atoms with Crippen LogP contribution >= 0.6 is 0 Å². The second-order valence-electron chi connectivity index (χ2n) is 19.6. The van der Waals surface area contributed by atoms with Gasteiger partial charge >= 0.3 is 0 Å². The van der Waals surface area contributed by atoms with Gasteiger partial charge in [-0.2, -0.15) is 0 Å². The Morgan fingerprint density at radius 2 is 0.617 bits per heavy atom. The van der Waals surface area contributed by atoms with Crippen LogP contribution in [-0.4, -0.2) is 49.8 Å². The lowest BCUT2D eigenvalue weighted by Crippen LogP contribution is -1.81. The Morgan fingerprint density at radius 3 is 0.815 bits per heavy atom. The molecule has 0 saturated carbocycles. The van der Waals surface area contributed by atoms with E-state index in [9.17, 15) is 0 Å². The van der Waals surface area contributed by atoms with Crippen molar-refractivity contribution in [2.45, 2.75) is 146 Å². The predicted molar refractivity (Wildman–Crippen MR) is 344 cm³/mol. The Hall–Kier alpha value is -8.50. The standard InChI is InChI=1S/10C7H9N.CH4/c1-6-3-7(2)5-8-4-6;2*1-6-3-4-8-5-7(6)2;2*1-6-3-4-8-7(2)5-6;2*1-6-3-4-7(2)8-5-6;2*1-6-4-3-5-8-7(6)2;1-6-4-3-5-7(2)8-6;/h10*3-5H,1-2H3;1H4. The molecule has 0 atom stereocenters. The van der Waals surface area contributed by atoms with Crippen molar-refractivity contribution in [1.82, 2.24) is 49.8 Å². The van der Waals surface area contributed by atoms with Crippen LogP contribution in [0.1, 0.15) is 120 Å². The van der Waals surface area contributed by atoms with Crippen LogP contribution in [0.4, 0.5) is 0 Å². The zero-order valence-corrected chi connectivity index (χ0v) is 51.8. The minimum absolute atomic E-state index is 0. The minimum Gasteiger partial charge on any atom is -0.264 e. The highest BCUT2D eigenvalue weighted by molar-refractivity contribution is 5.21. The van der Waals surface area contributed by atoms with E-state index in [0.717, 1.165) is 45.6 Å². The van der Waals surface area contributed by atoms with Crippen LogP contribution < -0.4 is 0 Å². The van der Waals surface area contributed by atoms with E-state index >= 15 is 0 Å². The van der Waals surface area contributed by atoms with Gasteiger partial charge in [0, 0.05) is 120 Å². The summed E-state index contributed by atoms with van der Waals surface area (Å²) >= 11 is 0. The van der Waals surface area contributed by atoms with Crippen LogP contribution in [-0.2, 0) is 0 Å². The van der Waals surface area contributed by atoms with E-state index in [-0.39, 0.29) is 7.43 Å². The molecule has 0 fully saturated rings. The second kappa shape index (κ2) is 42.4. The zero-order valence-electron chi connectivity index (χ0n) is 51.8. The summed E-state index contributed by atoms with van der Waals surface area (Å²) in [5.74, 6) is 0. The fourth-order valence-electron chi connectivity index (χ4n) is 6.06. The van der Waals surface area contributed by atoms with E-state index in [1.165, 1.54) is 66.8 Å². The van der Waals surface area contributed by atoms with E-state index in [0.29, 0.717) is 0 Å². The molecule has 0 saturated heterocycles. The lowest BCUT2D eigenvalue weighted by atomic mass is 10.2. The highest BCUT2D eigenvalue weighted by Gasteiger charge is 1.90. The first-order chi connectivity index (χ1) is 37.9. The zero-order chi connectivity index (χ0) is 59.8. The van der Waals surface area contributed by atoms with E-state index < -0.39 is 0 Å². The first kappa shape index (κ1) is 72.5. The normalized spacial score (nSPS) is 9.14. The average molecular weight is 1090 g/mol. The molecule has 0 aliphatic heterocycles. The van der Waals surface area contributed by atoms with Gasteiger partial charge in [0.15, 0.2) is 0 Å². The van der Waals surface area contributed by atoms with Crippen molar-refractivity contribution >= 4 is 0 Å². The molecule has 0 amide bonds. The lowest BCUT2D eigenvalue weighted by molar-refractivity contribution is 1.12. The van der Waals surface area contributed by atoms with Crippen LogP contribution in [0.5, 0.6) is 0 Å². The molecule has 10 aromatic rings. The third-order valence-corrected chi connectivity index (χ3v) is 11.4. The molecule has 0 aromatic carbocycles. The topological polar surface area (TPSA) is 129 Å². The molecular formula is C71H94N10. The van der Waals surface area contributed by atoms with Crippen molar-refractivity contribution < 1.29 is 0 Å². The fourth-order valence-corrected chi connectivity index (χ4v) is 6.06.